The molecule has 51 heavy (non-hydrogen) atoms. The summed E-state index contributed by atoms with van der Waals surface area (Å²) in [7, 11) is -4.79. The number of hydrogen-bond acceptors (Lipinski definition) is 7. The monoisotopic (exact) mass is 730 g/mol. The minimum atomic E-state index is -4.79. The molecule has 1 atom stereocenters. The van der Waals surface area contributed by atoms with E-state index in [0.717, 1.165) is 70.6 Å². The molecule has 0 spiro atoms. The standard InChI is InChI=1S/C41H63O9P/c1-3-5-7-8-9-10-11-12-13-14-17-21-24-27-31-35-41(44)50-39(37-49-51(45,46)47)36-48-40(43)34-30-26-23-20-18-15-16-19-22-25-29-33-38(42)32-28-6-4-2/h5,7,9-10,12-13,15-17,20-23,25,29,33,39H,3-4,6,8,11,14,18-19,24,26-28,30-32,34-37H2,1-2H3,(H2,45,46,47)/b7-5-,10-9-,13-12-,16-15-,21-17-,23-20-,25-22-,33-29+/t39-/m1/s1. The van der Waals surface area contributed by atoms with E-state index in [4.69, 9.17) is 19.3 Å². The molecule has 0 bridgehead atoms. The topological polar surface area (TPSA) is 136 Å². The third kappa shape index (κ3) is 37.7. The largest absolute Gasteiger partial charge is 0.469 e. The van der Waals surface area contributed by atoms with E-state index in [2.05, 4.69) is 67.0 Å². The summed E-state index contributed by atoms with van der Waals surface area (Å²) in [5.74, 6) is -0.885. The summed E-state index contributed by atoms with van der Waals surface area (Å²) in [6.07, 6.45) is 44.0. The van der Waals surface area contributed by atoms with Crippen LogP contribution in [-0.2, 0) is 32.9 Å². The van der Waals surface area contributed by atoms with Crippen LogP contribution >= 0.6 is 7.82 Å². The summed E-state index contributed by atoms with van der Waals surface area (Å²) in [4.78, 5) is 54.3. The van der Waals surface area contributed by atoms with Gasteiger partial charge in [0, 0.05) is 19.3 Å². The molecule has 0 fully saturated rings. The lowest BCUT2D eigenvalue weighted by molar-refractivity contribution is -0.161. The Hall–Kier alpha value is -3.36. The molecule has 286 valence electrons. The molecule has 0 saturated heterocycles. The van der Waals surface area contributed by atoms with E-state index in [0.29, 0.717) is 25.7 Å². The lowest BCUT2D eigenvalue weighted by Crippen LogP contribution is -2.29. The first-order chi connectivity index (χ1) is 24.7. The third-order valence-corrected chi connectivity index (χ3v) is 7.55. The zero-order valence-electron chi connectivity index (χ0n) is 30.9. The normalized spacial score (nSPS) is 13.5. The fourth-order valence-corrected chi connectivity index (χ4v) is 4.67. The van der Waals surface area contributed by atoms with Gasteiger partial charge in [-0.15, -0.1) is 0 Å². The van der Waals surface area contributed by atoms with Crippen LogP contribution in [-0.4, -0.2) is 46.8 Å². The van der Waals surface area contributed by atoms with Gasteiger partial charge in [-0.05, 0) is 83.1 Å². The fraction of sp³-hybridized carbons (Fsp3) is 0.537. The second-order valence-corrected chi connectivity index (χ2v) is 13.1. The highest BCUT2D eigenvalue weighted by atomic mass is 31.2. The quantitative estimate of drug-likeness (QED) is 0.0173. The molecular weight excluding hydrogens is 667 g/mol. The minimum Gasteiger partial charge on any atom is -0.462 e. The Morgan fingerprint density at radius 1 is 0.588 bits per heavy atom. The second-order valence-electron chi connectivity index (χ2n) is 11.8. The molecule has 0 aromatic rings. The fourth-order valence-electron chi connectivity index (χ4n) is 4.31. The molecule has 9 nitrogen and oxygen atoms in total. The van der Waals surface area contributed by atoms with Crippen LogP contribution in [0.15, 0.2) is 97.2 Å². The highest BCUT2D eigenvalue weighted by Gasteiger charge is 2.22. The average molecular weight is 731 g/mol. The van der Waals surface area contributed by atoms with Crippen molar-refractivity contribution >= 4 is 25.5 Å². The van der Waals surface area contributed by atoms with Crippen LogP contribution in [0.5, 0.6) is 0 Å². The van der Waals surface area contributed by atoms with E-state index in [1.165, 1.54) is 0 Å². The number of carbonyl (C=O) groups is 3. The van der Waals surface area contributed by atoms with Crippen molar-refractivity contribution in [3.8, 4) is 0 Å². The summed E-state index contributed by atoms with van der Waals surface area (Å²) >= 11 is 0. The Bertz CT molecular complexity index is 1200. The average Bonchev–Trinajstić information content (AvgIpc) is 3.09. The van der Waals surface area contributed by atoms with Gasteiger partial charge in [-0.2, -0.15) is 0 Å². The van der Waals surface area contributed by atoms with Gasteiger partial charge < -0.3 is 19.3 Å². The summed E-state index contributed by atoms with van der Waals surface area (Å²) in [6.45, 7) is 3.29. The van der Waals surface area contributed by atoms with Gasteiger partial charge in [-0.25, -0.2) is 4.57 Å². The molecule has 0 rings (SSSR count). The second kappa shape index (κ2) is 35.1. The van der Waals surface area contributed by atoms with Gasteiger partial charge in [0.05, 0.1) is 6.61 Å². The van der Waals surface area contributed by atoms with Gasteiger partial charge in [0.25, 0.3) is 0 Å². The maximum atomic E-state index is 12.3. The summed E-state index contributed by atoms with van der Waals surface area (Å²) < 4.78 is 26.2. The number of unbranched alkanes of at least 4 members (excludes halogenated alkanes) is 5. The van der Waals surface area contributed by atoms with Gasteiger partial charge in [-0.1, -0.05) is 118 Å². The summed E-state index contributed by atoms with van der Waals surface area (Å²) in [5.41, 5.74) is 0. The molecular formula is C41H63O9P. The Balaban J connectivity index is 4.22. The first-order valence-corrected chi connectivity index (χ1v) is 20.0. The zero-order chi connectivity index (χ0) is 37.7. The Kier molecular flexibility index (Phi) is 32.8. The molecule has 0 aliphatic heterocycles. The van der Waals surface area contributed by atoms with Crippen molar-refractivity contribution in [1.82, 2.24) is 0 Å². The Morgan fingerprint density at radius 3 is 1.71 bits per heavy atom. The Morgan fingerprint density at radius 2 is 1.12 bits per heavy atom. The first kappa shape index (κ1) is 47.6. The lowest BCUT2D eigenvalue weighted by atomic mass is 10.1. The summed E-state index contributed by atoms with van der Waals surface area (Å²) in [6, 6.07) is 0. The number of allylic oxidation sites excluding steroid dienone is 16. The third-order valence-electron chi connectivity index (χ3n) is 7.06. The number of ether oxygens (including phenoxy) is 2. The number of hydrogen-bond donors (Lipinski definition) is 2. The maximum absolute atomic E-state index is 12.3. The van der Waals surface area contributed by atoms with Crippen LogP contribution in [0.4, 0.5) is 0 Å². The van der Waals surface area contributed by atoms with Crippen LogP contribution in [0.2, 0.25) is 0 Å². The molecule has 0 unspecified atom stereocenters. The predicted molar refractivity (Wildman–Crippen MR) is 207 cm³/mol. The van der Waals surface area contributed by atoms with E-state index in [1.807, 2.05) is 36.5 Å². The minimum absolute atomic E-state index is 0.130. The molecule has 10 heteroatoms. The van der Waals surface area contributed by atoms with Crippen molar-refractivity contribution in [3.63, 3.8) is 0 Å². The van der Waals surface area contributed by atoms with Crippen molar-refractivity contribution in [2.24, 2.45) is 0 Å². The predicted octanol–water partition coefficient (Wildman–Crippen LogP) is 10.2. The number of phosphoric acid groups is 1. The molecule has 0 amide bonds. The van der Waals surface area contributed by atoms with Gasteiger partial charge in [0.1, 0.15) is 6.61 Å². The highest BCUT2D eigenvalue weighted by Crippen LogP contribution is 2.35. The Labute approximate surface area is 307 Å². The molecule has 0 aromatic heterocycles. The molecule has 0 saturated carbocycles. The van der Waals surface area contributed by atoms with E-state index in [1.54, 1.807) is 12.2 Å². The van der Waals surface area contributed by atoms with Crippen molar-refractivity contribution in [1.29, 1.82) is 0 Å². The van der Waals surface area contributed by atoms with Gasteiger partial charge in [0.15, 0.2) is 11.9 Å². The van der Waals surface area contributed by atoms with Crippen LogP contribution in [0.1, 0.15) is 123 Å². The lowest BCUT2D eigenvalue weighted by Gasteiger charge is -2.18. The van der Waals surface area contributed by atoms with Gasteiger partial charge in [0.2, 0.25) is 0 Å². The molecule has 0 heterocycles. The number of phosphoric ester groups is 1. The van der Waals surface area contributed by atoms with Crippen LogP contribution in [0.3, 0.4) is 0 Å². The molecule has 0 aliphatic carbocycles. The molecule has 2 N–H and O–H groups in total. The number of rotatable bonds is 32. The molecule has 0 aromatic carbocycles. The van der Waals surface area contributed by atoms with Crippen molar-refractivity contribution in [2.75, 3.05) is 13.2 Å². The number of esters is 2. The van der Waals surface area contributed by atoms with Crippen molar-refractivity contribution in [3.05, 3.63) is 97.2 Å². The van der Waals surface area contributed by atoms with Gasteiger partial charge in [-0.3, -0.25) is 18.9 Å². The van der Waals surface area contributed by atoms with E-state index < -0.39 is 32.5 Å². The first-order valence-electron chi connectivity index (χ1n) is 18.5. The van der Waals surface area contributed by atoms with E-state index in [-0.39, 0.29) is 25.2 Å². The number of carbonyl (C=O) groups excluding carboxylic acids is 3. The van der Waals surface area contributed by atoms with Crippen molar-refractivity contribution < 1.29 is 42.7 Å². The van der Waals surface area contributed by atoms with Crippen molar-refractivity contribution in [2.45, 2.75) is 129 Å². The highest BCUT2D eigenvalue weighted by molar-refractivity contribution is 7.46. The maximum Gasteiger partial charge on any atom is 0.469 e. The SMILES string of the molecule is CC/C=C\C/C=C\C/C=C\C/C=C\CCCCC(=O)O[C@H](COC(=O)CCC/C=C\C/C=C\C/C=C\C=C\C(=O)CCCCC)COP(=O)(O)O. The zero-order valence-corrected chi connectivity index (χ0v) is 31.8. The van der Waals surface area contributed by atoms with Crippen LogP contribution < -0.4 is 0 Å². The number of ketones is 1. The summed E-state index contributed by atoms with van der Waals surface area (Å²) in [5, 5.41) is 0. The van der Waals surface area contributed by atoms with Crippen LogP contribution in [0, 0.1) is 0 Å². The van der Waals surface area contributed by atoms with Crippen LogP contribution in [0.25, 0.3) is 0 Å². The molecule has 0 aliphatic rings. The van der Waals surface area contributed by atoms with E-state index in [9.17, 15) is 18.9 Å². The van der Waals surface area contributed by atoms with E-state index >= 15 is 0 Å². The molecule has 0 radical (unpaired) electrons. The smallest absolute Gasteiger partial charge is 0.462 e. The van der Waals surface area contributed by atoms with Gasteiger partial charge >= 0.3 is 19.8 Å².